The number of halogens is 1. The van der Waals surface area contributed by atoms with E-state index in [0.717, 1.165) is 6.07 Å². The monoisotopic (exact) mass is 274 g/mol. The Balaban J connectivity index is 2.14. The molecule has 5 heteroatoms. The molecule has 2 aromatic carbocycles. The van der Waals surface area contributed by atoms with E-state index in [1.807, 2.05) is 6.92 Å². The number of nitrogen functional groups attached to an aromatic ring is 1. The van der Waals surface area contributed by atoms with Crippen molar-refractivity contribution in [2.75, 3.05) is 17.7 Å². The predicted octanol–water partition coefficient (Wildman–Crippen LogP) is 3.06. The first-order valence-corrected chi connectivity index (χ1v) is 6.19. The van der Waals surface area contributed by atoms with Crippen LogP contribution in [-0.4, -0.2) is 12.5 Å². The molecule has 0 bridgehead atoms. The van der Waals surface area contributed by atoms with Crippen LogP contribution in [0.2, 0.25) is 0 Å². The van der Waals surface area contributed by atoms with Gasteiger partial charge in [0.1, 0.15) is 11.6 Å². The minimum atomic E-state index is -0.610. The van der Waals surface area contributed by atoms with E-state index in [-0.39, 0.29) is 11.3 Å². The summed E-state index contributed by atoms with van der Waals surface area (Å²) in [7, 11) is 0. The van der Waals surface area contributed by atoms with Gasteiger partial charge in [-0.05, 0) is 37.3 Å². The zero-order valence-corrected chi connectivity index (χ0v) is 11.0. The summed E-state index contributed by atoms with van der Waals surface area (Å²) in [6, 6.07) is 10.9. The molecule has 3 N–H and O–H groups in total. The lowest BCUT2D eigenvalue weighted by Gasteiger charge is -2.08. The number of ether oxygens (including phenoxy) is 1. The highest BCUT2D eigenvalue weighted by molar-refractivity contribution is 6.04. The molecule has 4 nitrogen and oxygen atoms in total. The fraction of sp³-hybridized carbons (Fsp3) is 0.133. The Morgan fingerprint density at radius 2 is 2.10 bits per heavy atom. The highest BCUT2D eigenvalue weighted by atomic mass is 19.1. The minimum Gasteiger partial charge on any atom is -0.494 e. The molecule has 0 spiro atoms. The summed E-state index contributed by atoms with van der Waals surface area (Å²) in [6.07, 6.45) is 0. The second-order valence-corrected chi connectivity index (χ2v) is 4.15. The largest absolute Gasteiger partial charge is 0.494 e. The molecule has 0 aliphatic carbocycles. The van der Waals surface area contributed by atoms with E-state index in [1.54, 1.807) is 24.3 Å². The fourth-order valence-electron chi connectivity index (χ4n) is 1.70. The molecule has 0 saturated carbocycles. The Morgan fingerprint density at radius 3 is 2.80 bits per heavy atom. The van der Waals surface area contributed by atoms with E-state index in [4.69, 9.17) is 10.5 Å². The number of rotatable bonds is 4. The van der Waals surface area contributed by atoms with Gasteiger partial charge in [0.15, 0.2) is 0 Å². The molecule has 0 aliphatic heterocycles. The standard InChI is InChI=1S/C15H15FN2O2/c1-2-20-12-5-3-4-11(9-12)18-15(19)10-6-7-14(17)13(16)8-10/h3-9H,2,17H2,1H3,(H,18,19). The smallest absolute Gasteiger partial charge is 0.255 e. The van der Waals surface area contributed by atoms with Gasteiger partial charge in [-0.1, -0.05) is 6.07 Å². The van der Waals surface area contributed by atoms with Crippen molar-refractivity contribution in [2.24, 2.45) is 0 Å². The SMILES string of the molecule is CCOc1cccc(NC(=O)c2ccc(N)c(F)c2)c1. The van der Waals surface area contributed by atoms with Gasteiger partial charge in [-0.2, -0.15) is 0 Å². The quantitative estimate of drug-likeness (QED) is 0.842. The van der Waals surface area contributed by atoms with Crippen LogP contribution in [0.3, 0.4) is 0 Å². The van der Waals surface area contributed by atoms with Crippen molar-refractivity contribution in [2.45, 2.75) is 6.92 Å². The van der Waals surface area contributed by atoms with Gasteiger partial charge in [-0.15, -0.1) is 0 Å². The van der Waals surface area contributed by atoms with Crippen molar-refractivity contribution in [1.29, 1.82) is 0 Å². The highest BCUT2D eigenvalue weighted by Crippen LogP contribution is 2.19. The summed E-state index contributed by atoms with van der Waals surface area (Å²) >= 11 is 0. The normalized spacial score (nSPS) is 10.1. The molecule has 0 fully saturated rings. The van der Waals surface area contributed by atoms with Crippen LogP contribution in [0.15, 0.2) is 42.5 Å². The second-order valence-electron chi connectivity index (χ2n) is 4.15. The molecule has 104 valence electrons. The van der Waals surface area contributed by atoms with E-state index >= 15 is 0 Å². The number of amides is 1. The molecule has 0 aromatic heterocycles. The summed E-state index contributed by atoms with van der Waals surface area (Å²) in [5.41, 5.74) is 6.17. The number of benzene rings is 2. The van der Waals surface area contributed by atoms with Crippen molar-refractivity contribution < 1.29 is 13.9 Å². The molecule has 0 atom stereocenters. The van der Waals surface area contributed by atoms with Crippen molar-refractivity contribution in [3.8, 4) is 5.75 Å². The highest BCUT2D eigenvalue weighted by Gasteiger charge is 2.09. The average Bonchev–Trinajstić information content (AvgIpc) is 2.42. The maximum absolute atomic E-state index is 13.3. The van der Waals surface area contributed by atoms with Crippen LogP contribution in [0.25, 0.3) is 0 Å². The molecule has 1 amide bonds. The molecule has 0 heterocycles. The first-order chi connectivity index (χ1) is 9.60. The third-order valence-corrected chi connectivity index (χ3v) is 2.67. The van der Waals surface area contributed by atoms with Gasteiger partial charge in [0, 0.05) is 17.3 Å². The number of nitrogens with one attached hydrogen (secondary N) is 1. The van der Waals surface area contributed by atoms with Gasteiger partial charge in [0.2, 0.25) is 0 Å². The molecule has 0 aliphatic rings. The zero-order chi connectivity index (χ0) is 14.5. The van der Waals surface area contributed by atoms with Crippen molar-refractivity contribution in [3.63, 3.8) is 0 Å². The van der Waals surface area contributed by atoms with Crippen molar-refractivity contribution >= 4 is 17.3 Å². The molecular weight excluding hydrogens is 259 g/mol. The Kier molecular flexibility index (Phi) is 4.20. The summed E-state index contributed by atoms with van der Waals surface area (Å²) in [5.74, 6) is -0.355. The van der Waals surface area contributed by atoms with Crippen molar-refractivity contribution in [3.05, 3.63) is 53.8 Å². The Labute approximate surface area is 116 Å². The van der Waals surface area contributed by atoms with E-state index in [2.05, 4.69) is 5.32 Å². The van der Waals surface area contributed by atoms with Gasteiger partial charge in [0.05, 0.1) is 12.3 Å². The van der Waals surface area contributed by atoms with Gasteiger partial charge in [0.25, 0.3) is 5.91 Å². The molecule has 2 rings (SSSR count). The maximum atomic E-state index is 13.3. The lowest BCUT2D eigenvalue weighted by molar-refractivity contribution is 0.102. The Hall–Kier alpha value is -2.56. The number of hydrogen-bond donors (Lipinski definition) is 2. The lowest BCUT2D eigenvalue weighted by Crippen LogP contribution is -2.12. The second kappa shape index (κ2) is 6.06. The first-order valence-electron chi connectivity index (χ1n) is 6.19. The molecular formula is C15H15FN2O2. The van der Waals surface area contributed by atoms with Crippen LogP contribution in [0.5, 0.6) is 5.75 Å². The fourth-order valence-corrected chi connectivity index (χ4v) is 1.70. The average molecular weight is 274 g/mol. The van der Waals surface area contributed by atoms with Crippen LogP contribution in [0, 0.1) is 5.82 Å². The molecule has 0 saturated heterocycles. The van der Waals surface area contributed by atoms with Crippen LogP contribution >= 0.6 is 0 Å². The maximum Gasteiger partial charge on any atom is 0.255 e. The van der Waals surface area contributed by atoms with E-state index in [9.17, 15) is 9.18 Å². The summed E-state index contributed by atoms with van der Waals surface area (Å²) < 4.78 is 18.7. The van der Waals surface area contributed by atoms with Crippen molar-refractivity contribution in [1.82, 2.24) is 0 Å². The Bertz CT molecular complexity index is 629. The summed E-state index contributed by atoms with van der Waals surface area (Å²) in [4.78, 5) is 12.0. The van der Waals surface area contributed by atoms with Crippen LogP contribution < -0.4 is 15.8 Å². The van der Waals surface area contributed by atoms with Crippen LogP contribution in [0.1, 0.15) is 17.3 Å². The van der Waals surface area contributed by atoms with E-state index in [0.29, 0.717) is 18.0 Å². The first kappa shape index (κ1) is 13.9. The molecule has 20 heavy (non-hydrogen) atoms. The molecule has 0 radical (unpaired) electrons. The third-order valence-electron chi connectivity index (χ3n) is 2.67. The Morgan fingerprint density at radius 1 is 1.30 bits per heavy atom. The van der Waals surface area contributed by atoms with E-state index in [1.165, 1.54) is 12.1 Å². The summed E-state index contributed by atoms with van der Waals surface area (Å²) in [5, 5.41) is 2.68. The topological polar surface area (TPSA) is 64.3 Å². The van der Waals surface area contributed by atoms with Gasteiger partial charge < -0.3 is 15.8 Å². The zero-order valence-electron chi connectivity index (χ0n) is 11.0. The minimum absolute atomic E-state index is 0.0138. The molecule has 2 aromatic rings. The third kappa shape index (κ3) is 3.26. The predicted molar refractivity (Wildman–Crippen MR) is 76.4 cm³/mol. The van der Waals surface area contributed by atoms with Gasteiger partial charge in [-0.3, -0.25) is 4.79 Å². The number of anilines is 2. The van der Waals surface area contributed by atoms with Gasteiger partial charge in [-0.25, -0.2) is 4.39 Å². The van der Waals surface area contributed by atoms with Gasteiger partial charge >= 0.3 is 0 Å². The number of carbonyl (C=O) groups is 1. The summed E-state index contributed by atoms with van der Waals surface area (Å²) in [6.45, 7) is 2.42. The number of nitrogens with two attached hydrogens (primary N) is 1. The lowest BCUT2D eigenvalue weighted by atomic mass is 10.2. The van der Waals surface area contributed by atoms with Crippen LogP contribution in [-0.2, 0) is 0 Å². The molecule has 0 unspecified atom stereocenters. The number of carbonyl (C=O) groups excluding carboxylic acids is 1. The van der Waals surface area contributed by atoms with Crippen LogP contribution in [0.4, 0.5) is 15.8 Å². The number of hydrogen-bond acceptors (Lipinski definition) is 3. The van der Waals surface area contributed by atoms with E-state index < -0.39 is 11.7 Å².